The molecule has 1 rings (SSSR count). The summed E-state index contributed by atoms with van der Waals surface area (Å²) in [5.74, 6) is 1.74. The minimum Gasteiger partial charge on any atom is -0.348 e. The highest BCUT2D eigenvalue weighted by Gasteiger charge is 2.15. The Morgan fingerprint density at radius 2 is 2.05 bits per heavy atom. The van der Waals surface area contributed by atoms with Crippen molar-refractivity contribution in [3.63, 3.8) is 0 Å². The summed E-state index contributed by atoms with van der Waals surface area (Å²) in [7, 11) is 0. The van der Waals surface area contributed by atoms with Crippen molar-refractivity contribution >= 4 is 5.91 Å². The lowest BCUT2D eigenvalue weighted by atomic mass is 10.0. The molecule has 0 spiro atoms. The van der Waals surface area contributed by atoms with Gasteiger partial charge in [-0.25, -0.2) is 4.98 Å². The van der Waals surface area contributed by atoms with Gasteiger partial charge in [-0.1, -0.05) is 27.7 Å². The van der Waals surface area contributed by atoms with Crippen molar-refractivity contribution in [1.29, 1.82) is 0 Å². The van der Waals surface area contributed by atoms with E-state index in [0.29, 0.717) is 24.8 Å². The molecule has 19 heavy (non-hydrogen) atoms. The average molecular weight is 266 g/mol. The number of hydrogen-bond donors (Lipinski definition) is 2. The van der Waals surface area contributed by atoms with Gasteiger partial charge in [-0.05, 0) is 18.3 Å². The summed E-state index contributed by atoms with van der Waals surface area (Å²) >= 11 is 0. The predicted octanol–water partition coefficient (Wildman–Crippen LogP) is 1.53. The van der Waals surface area contributed by atoms with Crippen molar-refractivity contribution in [1.82, 2.24) is 14.9 Å². The van der Waals surface area contributed by atoms with Crippen LogP contribution in [0.4, 0.5) is 0 Å². The summed E-state index contributed by atoms with van der Waals surface area (Å²) in [5, 5.41) is 2.86. The van der Waals surface area contributed by atoms with E-state index in [4.69, 9.17) is 5.73 Å². The van der Waals surface area contributed by atoms with E-state index < -0.39 is 6.04 Å². The highest BCUT2D eigenvalue weighted by atomic mass is 16.2. The normalized spacial score (nSPS) is 13.0. The Labute approximate surface area is 115 Å². The summed E-state index contributed by atoms with van der Waals surface area (Å²) in [4.78, 5) is 16.1. The second kappa shape index (κ2) is 7.28. The lowest BCUT2D eigenvalue weighted by Crippen LogP contribution is -2.41. The number of carbonyl (C=O) groups excluding carboxylic acids is 1. The molecule has 3 N–H and O–H groups in total. The van der Waals surface area contributed by atoms with Crippen LogP contribution in [0.3, 0.4) is 0 Å². The van der Waals surface area contributed by atoms with E-state index in [-0.39, 0.29) is 5.91 Å². The van der Waals surface area contributed by atoms with Gasteiger partial charge in [0.15, 0.2) is 0 Å². The number of nitrogens with one attached hydrogen (secondary N) is 1. The zero-order chi connectivity index (χ0) is 14.4. The summed E-state index contributed by atoms with van der Waals surface area (Å²) < 4.78 is 2.07. The van der Waals surface area contributed by atoms with Crippen LogP contribution in [0.5, 0.6) is 0 Å². The van der Waals surface area contributed by atoms with Gasteiger partial charge in [0.25, 0.3) is 0 Å². The molecule has 0 aliphatic rings. The Morgan fingerprint density at radius 3 is 2.63 bits per heavy atom. The first-order chi connectivity index (χ1) is 8.90. The number of rotatable bonds is 7. The Kier molecular flexibility index (Phi) is 6.02. The number of nitrogens with two attached hydrogens (primary N) is 1. The highest BCUT2D eigenvalue weighted by molar-refractivity contribution is 5.81. The average Bonchev–Trinajstić information content (AvgIpc) is 2.71. The Morgan fingerprint density at radius 1 is 1.37 bits per heavy atom. The molecule has 5 heteroatoms. The van der Waals surface area contributed by atoms with Gasteiger partial charge in [0, 0.05) is 18.9 Å². The van der Waals surface area contributed by atoms with E-state index in [1.807, 2.05) is 6.20 Å². The summed E-state index contributed by atoms with van der Waals surface area (Å²) in [5.41, 5.74) is 5.84. The number of carbonyl (C=O) groups is 1. The van der Waals surface area contributed by atoms with Gasteiger partial charge in [0.1, 0.15) is 5.82 Å². The molecule has 1 heterocycles. The van der Waals surface area contributed by atoms with Crippen LogP contribution in [0.15, 0.2) is 12.4 Å². The molecule has 1 aromatic rings. The first kappa shape index (κ1) is 15.7. The molecule has 0 saturated heterocycles. The van der Waals surface area contributed by atoms with Gasteiger partial charge in [-0.2, -0.15) is 0 Å². The Bertz CT molecular complexity index is 398. The maximum Gasteiger partial charge on any atom is 0.237 e. The Hall–Kier alpha value is -1.36. The van der Waals surface area contributed by atoms with E-state index in [1.54, 1.807) is 6.20 Å². The molecule has 0 aliphatic heterocycles. The second-order valence-electron chi connectivity index (χ2n) is 5.84. The van der Waals surface area contributed by atoms with Crippen molar-refractivity contribution < 1.29 is 4.79 Å². The van der Waals surface area contributed by atoms with Crippen molar-refractivity contribution in [3.05, 3.63) is 18.2 Å². The van der Waals surface area contributed by atoms with Crippen LogP contribution in [0.25, 0.3) is 0 Å². The first-order valence-corrected chi connectivity index (χ1v) is 6.93. The van der Waals surface area contributed by atoms with Gasteiger partial charge >= 0.3 is 0 Å². The molecule has 1 amide bonds. The van der Waals surface area contributed by atoms with Crippen LogP contribution in [-0.2, 0) is 17.9 Å². The van der Waals surface area contributed by atoms with Crippen molar-refractivity contribution in [3.8, 4) is 0 Å². The third kappa shape index (κ3) is 5.42. The van der Waals surface area contributed by atoms with Crippen molar-refractivity contribution in [2.24, 2.45) is 17.6 Å². The summed E-state index contributed by atoms with van der Waals surface area (Å²) in [6.45, 7) is 9.76. The summed E-state index contributed by atoms with van der Waals surface area (Å²) in [6.07, 6.45) is 4.40. The molecule has 5 nitrogen and oxygen atoms in total. The van der Waals surface area contributed by atoms with Crippen LogP contribution >= 0.6 is 0 Å². The van der Waals surface area contributed by atoms with Gasteiger partial charge < -0.3 is 15.6 Å². The fraction of sp³-hybridized carbons (Fsp3) is 0.714. The topological polar surface area (TPSA) is 72.9 Å². The smallest absolute Gasteiger partial charge is 0.237 e. The number of nitrogens with zero attached hydrogens (tertiary/aromatic N) is 2. The van der Waals surface area contributed by atoms with Gasteiger partial charge in [0.2, 0.25) is 5.91 Å². The van der Waals surface area contributed by atoms with E-state index in [0.717, 1.165) is 12.4 Å². The maximum absolute atomic E-state index is 11.8. The van der Waals surface area contributed by atoms with Crippen LogP contribution in [-0.4, -0.2) is 21.5 Å². The molecule has 0 aliphatic carbocycles. The molecule has 0 aromatic carbocycles. The highest BCUT2D eigenvalue weighted by Crippen LogP contribution is 2.05. The van der Waals surface area contributed by atoms with E-state index in [9.17, 15) is 4.79 Å². The minimum absolute atomic E-state index is 0.104. The molecule has 1 aromatic heterocycles. The van der Waals surface area contributed by atoms with Crippen molar-refractivity contribution in [2.75, 3.05) is 0 Å². The minimum atomic E-state index is -0.437. The van der Waals surface area contributed by atoms with Crippen LogP contribution in [0, 0.1) is 11.8 Å². The third-order valence-corrected chi connectivity index (χ3v) is 2.85. The molecular weight excluding hydrogens is 240 g/mol. The molecular formula is C14H26N4O. The molecule has 0 fully saturated rings. The predicted molar refractivity (Wildman–Crippen MR) is 76.3 cm³/mol. The van der Waals surface area contributed by atoms with Crippen LogP contribution < -0.4 is 11.1 Å². The van der Waals surface area contributed by atoms with E-state index in [2.05, 4.69) is 42.6 Å². The number of imidazole rings is 1. The zero-order valence-corrected chi connectivity index (χ0v) is 12.4. The number of hydrogen-bond acceptors (Lipinski definition) is 3. The number of aromatic nitrogens is 2. The molecule has 0 bridgehead atoms. The van der Waals surface area contributed by atoms with Gasteiger partial charge in [-0.3, -0.25) is 4.79 Å². The number of amides is 1. The van der Waals surface area contributed by atoms with E-state index in [1.165, 1.54) is 0 Å². The summed E-state index contributed by atoms with van der Waals surface area (Å²) in [6, 6.07) is -0.437. The zero-order valence-electron chi connectivity index (χ0n) is 12.4. The Balaban J connectivity index is 2.48. The second-order valence-corrected chi connectivity index (χ2v) is 5.84. The molecule has 1 atom stereocenters. The fourth-order valence-electron chi connectivity index (χ4n) is 1.98. The standard InChI is InChI=1S/C14H26N4O/c1-10(2)7-12(15)14(19)17-8-13-16-5-6-18(13)9-11(3)4/h5-6,10-12H,7-9,15H2,1-4H3,(H,17,19)/t12-/m0/s1. The quantitative estimate of drug-likeness (QED) is 0.786. The molecule has 0 saturated carbocycles. The largest absolute Gasteiger partial charge is 0.348 e. The van der Waals surface area contributed by atoms with Crippen LogP contribution in [0.1, 0.15) is 39.9 Å². The van der Waals surface area contributed by atoms with Crippen molar-refractivity contribution in [2.45, 2.75) is 53.2 Å². The lowest BCUT2D eigenvalue weighted by Gasteiger charge is -2.15. The third-order valence-electron chi connectivity index (χ3n) is 2.85. The first-order valence-electron chi connectivity index (χ1n) is 6.93. The van der Waals surface area contributed by atoms with Crippen LogP contribution in [0.2, 0.25) is 0 Å². The monoisotopic (exact) mass is 266 g/mol. The SMILES string of the molecule is CC(C)C[C@H](N)C(=O)NCc1nccn1CC(C)C. The maximum atomic E-state index is 11.8. The molecule has 108 valence electrons. The van der Waals surface area contributed by atoms with Gasteiger partial charge in [-0.15, -0.1) is 0 Å². The molecule has 0 radical (unpaired) electrons. The molecule has 0 unspecified atom stereocenters. The fourth-order valence-corrected chi connectivity index (χ4v) is 1.98. The lowest BCUT2D eigenvalue weighted by molar-refractivity contribution is -0.122. The van der Waals surface area contributed by atoms with E-state index >= 15 is 0 Å². The van der Waals surface area contributed by atoms with Gasteiger partial charge in [0.05, 0.1) is 12.6 Å².